The van der Waals surface area contributed by atoms with Gasteiger partial charge in [-0.15, -0.1) is 11.8 Å². The van der Waals surface area contributed by atoms with E-state index in [1.165, 1.54) is 23.3 Å². The van der Waals surface area contributed by atoms with Crippen molar-refractivity contribution in [3.8, 4) is 0 Å². The van der Waals surface area contributed by atoms with Gasteiger partial charge in [-0.25, -0.2) is 0 Å². The number of hydrogen-bond acceptors (Lipinski definition) is 3. The van der Waals surface area contributed by atoms with Crippen LogP contribution in [0.1, 0.15) is 31.4 Å². The summed E-state index contributed by atoms with van der Waals surface area (Å²) in [5, 5.41) is 0. The molecular formula is C13H18BrNOS. The minimum absolute atomic E-state index is 0.0866. The first-order valence-corrected chi connectivity index (χ1v) is 7.74. The van der Waals surface area contributed by atoms with E-state index in [4.69, 9.17) is 10.5 Å². The Balaban J connectivity index is 1.96. The van der Waals surface area contributed by atoms with Crippen LogP contribution in [0.25, 0.3) is 0 Å². The Labute approximate surface area is 115 Å². The van der Waals surface area contributed by atoms with Gasteiger partial charge in [0, 0.05) is 27.8 Å². The molecule has 0 aromatic heterocycles. The van der Waals surface area contributed by atoms with Crippen LogP contribution < -0.4 is 5.73 Å². The zero-order valence-electron chi connectivity index (χ0n) is 9.99. The highest BCUT2D eigenvalue weighted by Gasteiger charge is 2.16. The largest absolute Gasteiger partial charge is 0.377 e. The summed E-state index contributed by atoms with van der Waals surface area (Å²) in [5.74, 6) is 1.04. The summed E-state index contributed by atoms with van der Waals surface area (Å²) in [4.78, 5) is 1.27. The average molecular weight is 316 g/mol. The van der Waals surface area contributed by atoms with E-state index in [2.05, 4.69) is 34.1 Å². The number of thioether (sulfide) groups is 1. The van der Waals surface area contributed by atoms with Gasteiger partial charge in [0.15, 0.2) is 0 Å². The summed E-state index contributed by atoms with van der Waals surface area (Å²) in [5.41, 5.74) is 7.02. The minimum Gasteiger partial charge on any atom is -0.377 e. The topological polar surface area (TPSA) is 35.2 Å². The predicted molar refractivity (Wildman–Crippen MR) is 76.4 cm³/mol. The molecule has 0 bridgehead atoms. The summed E-state index contributed by atoms with van der Waals surface area (Å²) in [6.07, 6.45) is 2.83. The second-order valence-electron chi connectivity index (χ2n) is 4.42. The van der Waals surface area contributed by atoms with Gasteiger partial charge in [-0.3, -0.25) is 0 Å². The first-order valence-electron chi connectivity index (χ1n) is 5.96. The number of benzene rings is 1. The van der Waals surface area contributed by atoms with Crippen LogP contribution in [0, 0.1) is 0 Å². The Hall–Kier alpha value is -0.0300. The molecule has 94 valence electrons. The van der Waals surface area contributed by atoms with Crippen LogP contribution >= 0.6 is 27.7 Å². The van der Waals surface area contributed by atoms with Gasteiger partial charge >= 0.3 is 0 Å². The monoisotopic (exact) mass is 315 g/mol. The molecule has 0 aliphatic carbocycles. The molecule has 0 spiro atoms. The molecular weight excluding hydrogens is 298 g/mol. The number of hydrogen-bond donors (Lipinski definition) is 1. The lowest BCUT2D eigenvalue weighted by molar-refractivity contribution is 0.129. The van der Waals surface area contributed by atoms with Crippen molar-refractivity contribution in [2.75, 3.05) is 12.4 Å². The van der Waals surface area contributed by atoms with Gasteiger partial charge in [-0.1, -0.05) is 6.07 Å². The van der Waals surface area contributed by atoms with E-state index in [9.17, 15) is 0 Å². The highest BCUT2D eigenvalue weighted by molar-refractivity contribution is 9.10. The molecule has 0 amide bonds. The summed E-state index contributed by atoms with van der Waals surface area (Å²) in [7, 11) is 0. The Morgan fingerprint density at radius 2 is 2.41 bits per heavy atom. The number of halogens is 1. The van der Waals surface area contributed by atoms with E-state index in [0.29, 0.717) is 6.10 Å². The summed E-state index contributed by atoms with van der Waals surface area (Å²) in [6.45, 7) is 2.93. The first-order chi connectivity index (χ1) is 8.16. The molecule has 2 atom stereocenters. The Morgan fingerprint density at radius 3 is 3.00 bits per heavy atom. The van der Waals surface area contributed by atoms with Crippen LogP contribution in [-0.2, 0) is 4.74 Å². The first kappa shape index (κ1) is 13.4. The molecule has 2 rings (SSSR count). The van der Waals surface area contributed by atoms with Crippen molar-refractivity contribution >= 4 is 27.7 Å². The van der Waals surface area contributed by atoms with E-state index >= 15 is 0 Å². The predicted octanol–water partition coefficient (Wildman–Crippen LogP) is 3.74. The average Bonchev–Trinajstić information content (AvgIpc) is 2.80. The molecule has 1 aromatic rings. The lowest BCUT2D eigenvalue weighted by Gasteiger charge is -2.12. The van der Waals surface area contributed by atoms with Crippen molar-refractivity contribution in [2.24, 2.45) is 5.73 Å². The van der Waals surface area contributed by atoms with E-state index in [0.717, 1.165) is 16.8 Å². The molecule has 1 saturated heterocycles. The van der Waals surface area contributed by atoms with E-state index < -0.39 is 0 Å². The third-order valence-electron chi connectivity index (χ3n) is 2.93. The van der Waals surface area contributed by atoms with Crippen molar-refractivity contribution < 1.29 is 4.74 Å². The van der Waals surface area contributed by atoms with Crippen molar-refractivity contribution in [2.45, 2.75) is 36.8 Å². The Kier molecular flexibility index (Phi) is 4.91. The maximum atomic E-state index is 5.86. The Bertz CT molecular complexity index is 378. The molecule has 17 heavy (non-hydrogen) atoms. The van der Waals surface area contributed by atoms with E-state index in [1.54, 1.807) is 0 Å². The standard InChI is InChI=1S/C13H18BrNOS/c1-9(15)10-4-5-13(12(14)7-10)17-8-11-3-2-6-16-11/h4-5,7,9,11H,2-3,6,8,15H2,1H3/t9-,11?/m1/s1. The van der Waals surface area contributed by atoms with Crippen LogP contribution in [0.15, 0.2) is 27.6 Å². The van der Waals surface area contributed by atoms with Crippen LogP contribution in [0.4, 0.5) is 0 Å². The number of ether oxygens (including phenoxy) is 1. The van der Waals surface area contributed by atoms with Gasteiger partial charge in [0.05, 0.1) is 6.10 Å². The summed E-state index contributed by atoms with van der Waals surface area (Å²) < 4.78 is 6.75. The molecule has 1 aromatic carbocycles. The van der Waals surface area contributed by atoms with Crippen molar-refractivity contribution in [1.82, 2.24) is 0 Å². The quantitative estimate of drug-likeness (QED) is 0.860. The third kappa shape index (κ3) is 3.71. The van der Waals surface area contributed by atoms with Gasteiger partial charge in [-0.2, -0.15) is 0 Å². The second kappa shape index (κ2) is 6.23. The van der Waals surface area contributed by atoms with Crippen molar-refractivity contribution in [1.29, 1.82) is 0 Å². The minimum atomic E-state index is 0.0866. The highest BCUT2D eigenvalue weighted by atomic mass is 79.9. The molecule has 1 fully saturated rings. The lowest BCUT2D eigenvalue weighted by atomic mass is 10.1. The fourth-order valence-corrected chi connectivity index (χ4v) is 3.61. The zero-order valence-corrected chi connectivity index (χ0v) is 12.4. The van der Waals surface area contributed by atoms with Crippen LogP contribution in [0.5, 0.6) is 0 Å². The molecule has 2 nitrogen and oxygen atoms in total. The van der Waals surface area contributed by atoms with Crippen molar-refractivity contribution in [3.05, 3.63) is 28.2 Å². The van der Waals surface area contributed by atoms with E-state index in [1.807, 2.05) is 18.7 Å². The molecule has 1 heterocycles. The highest BCUT2D eigenvalue weighted by Crippen LogP contribution is 2.31. The molecule has 1 unspecified atom stereocenters. The van der Waals surface area contributed by atoms with Crippen LogP contribution in [-0.4, -0.2) is 18.5 Å². The SMILES string of the molecule is C[C@@H](N)c1ccc(SCC2CCCO2)c(Br)c1. The smallest absolute Gasteiger partial charge is 0.0669 e. The fraction of sp³-hybridized carbons (Fsp3) is 0.538. The fourth-order valence-electron chi connectivity index (χ4n) is 1.88. The lowest BCUT2D eigenvalue weighted by Crippen LogP contribution is -2.08. The molecule has 4 heteroatoms. The molecule has 2 N–H and O–H groups in total. The van der Waals surface area contributed by atoms with Gasteiger partial charge < -0.3 is 10.5 Å². The molecule has 0 radical (unpaired) electrons. The molecule has 1 aliphatic heterocycles. The maximum absolute atomic E-state index is 5.86. The van der Waals surface area contributed by atoms with Gasteiger partial charge in [0.1, 0.15) is 0 Å². The number of nitrogens with two attached hydrogens (primary N) is 1. The van der Waals surface area contributed by atoms with Gasteiger partial charge in [0.2, 0.25) is 0 Å². The second-order valence-corrected chi connectivity index (χ2v) is 6.34. The molecule has 0 saturated carbocycles. The summed E-state index contributed by atoms with van der Waals surface area (Å²) >= 11 is 5.46. The zero-order chi connectivity index (χ0) is 12.3. The van der Waals surface area contributed by atoms with E-state index in [-0.39, 0.29) is 6.04 Å². The van der Waals surface area contributed by atoms with Gasteiger partial charge in [-0.05, 0) is 53.4 Å². The maximum Gasteiger partial charge on any atom is 0.0669 e. The normalized spacial score (nSPS) is 21.7. The molecule has 1 aliphatic rings. The van der Waals surface area contributed by atoms with Crippen molar-refractivity contribution in [3.63, 3.8) is 0 Å². The van der Waals surface area contributed by atoms with Crippen LogP contribution in [0.3, 0.4) is 0 Å². The van der Waals surface area contributed by atoms with Gasteiger partial charge in [0.25, 0.3) is 0 Å². The van der Waals surface area contributed by atoms with Crippen LogP contribution in [0.2, 0.25) is 0 Å². The summed E-state index contributed by atoms with van der Waals surface area (Å²) in [6, 6.07) is 6.45. The Morgan fingerprint density at radius 1 is 1.59 bits per heavy atom. The third-order valence-corrected chi connectivity index (χ3v) is 5.05. The number of rotatable bonds is 4.